The third kappa shape index (κ3) is 8.09. The lowest BCUT2D eigenvalue weighted by Gasteiger charge is -2.05. The van der Waals surface area contributed by atoms with Crippen molar-refractivity contribution in [3.8, 4) is 26.8 Å². The Labute approximate surface area is 199 Å². The van der Waals surface area contributed by atoms with E-state index < -0.39 is 0 Å². The third-order valence-electron chi connectivity index (χ3n) is 5.93. The summed E-state index contributed by atoms with van der Waals surface area (Å²) in [6, 6.07) is 17.4. The Bertz CT molecular complexity index is 882. The number of hydrogen-bond donors (Lipinski definition) is 0. The summed E-state index contributed by atoms with van der Waals surface area (Å²) < 4.78 is 5.77. The Morgan fingerprint density at radius 1 is 0.688 bits per heavy atom. The zero-order valence-corrected chi connectivity index (χ0v) is 20.8. The van der Waals surface area contributed by atoms with Crippen LogP contribution in [-0.4, -0.2) is 11.6 Å². The van der Waals surface area contributed by atoms with Gasteiger partial charge in [-0.25, -0.2) is 4.98 Å². The molecule has 0 saturated heterocycles. The molecule has 3 rings (SSSR count). The smallest absolute Gasteiger partial charge is 0.123 e. The van der Waals surface area contributed by atoms with Gasteiger partial charge in [-0.3, -0.25) is 0 Å². The standard InChI is InChI=1S/C29H39NOS/c1-3-5-7-8-9-10-11-12-13-24-14-16-25(17-15-24)28-23-30-29(32-28)26-18-20-27(21-19-26)31-22-6-4-2/h14-21,23H,3-13,22H2,1-2H3. The molecule has 32 heavy (non-hydrogen) atoms. The SMILES string of the molecule is CCCCCCCCCCc1ccc(-c2cnc(-c3ccc(OCCCC)cc3)s2)cc1. The van der Waals surface area contributed by atoms with Gasteiger partial charge in [0.25, 0.3) is 0 Å². The topological polar surface area (TPSA) is 22.1 Å². The van der Waals surface area contributed by atoms with Crippen molar-refractivity contribution in [2.75, 3.05) is 6.61 Å². The molecule has 0 spiro atoms. The Kier molecular flexibility index (Phi) is 10.8. The quantitative estimate of drug-likeness (QED) is 0.216. The molecule has 0 fully saturated rings. The molecule has 1 heterocycles. The molecule has 0 radical (unpaired) electrons. The van der Waals surface area contributed by atoms with E-state index in [1.807, 2.05) is 18.3 Å². The first kappa shape index (κ1) is 24.5. The molecule has 0 atom stereocenters. The molecular weight excluding hydrogens is 410 g/mol. The van der Waals surface area contributed by atoms with Crippen LogP contribution in [0.2, 0.25) is 0 Å². The van der Waals surface area contributed by atoms with Crippen LogP contribution in [0.1, 0.15) is 83.6 Å². The molecule has 0 aliphatic heterocycles. The van der Waals surface area contributed by atoms with E-state index in [-0.39, 0.29) is 0 Å². The minimum Gasteiger partial charge on any atom is -0.494 e. The van der Waals surface area contributed by atoms with E-state index in [1.165, 1.54) is 73.8 Å². The Morgan fingerprint density at radius 3 is 2.00 bits per heavy atom. The summed E-state index contributed by atoms with van der Waals surface area (Å²) in [5.41, 5.74) is 3.85. The molecule has 0 aliphatic rings. The van der Waals surface area contributed by atoms with Gasteiger partial charge in [-0.2, -0.15) is 0 Å². The predicted molar refractivity (Wildman–Crippen MR) is 140 cm³/mol. The van der Waals surface area contributed by atoms with Crippen LogP contribution in [0.5, 0.6) is 5.75 Å². The van der Waals surface area contributed by atoms with Crippen LogP contribution in [0.4, 0.5) is 0 Å². The van der Waals surface area contributed by atoms with Gasteiger partial charge in [0, 0.05) is 11.8 Å². The summed E-state index contributed by atoms with van der Waals surface area (Å²) in [6.07, 6.45) is 16.4. The highest BCUT2D eigenvalue weighted by molar-refractivity contribution is 7.18. The number of thiazole rings is 1. The fourth-order valence-corrected chi connectivity index (χ4v) is 4.79. The number of unbranched alkanes of at least 4 members (excludes halogenated alkanes) is 8. The van der Waals surface area contributed by atoms with Crippen molar-refractivity contribution >= 4 is 11.3 Å². The van der Waals surface area contributed by atoms with E-state index in [0.717, 1.165) is 35.8 Å². The molecule has 0 N–H and O–H groups in total. The van der Waals surface area contributed by atoms with Gasteiger partial charge in [0.2, 0.25) is 0 Å². The maximum absolute atomic E-state index is 5.77. The van der Waals surface area contributed by atoms with Crippen LogP contribution in [0, 0.1) is 0 Å². The van der Waals surface area contributed by atoms with Crippen molar-refractivity contribution in [2.45, 2.75) is 84.5 Å². The normalized spacial score (nSPS) is 11.1. The van der Waals surface area contributed by atoms with Crippen LogP contribution in [0.3, 0.4) is 0 Å². The summed E-state index contributed by atoms with van der Waals surface area (Å²) in [6.45, 7) is 5.24. The molecule has 3 heteroatoms. The lowest BCUT2D eigenvalue weighted by atomic mass is 10.0. The second-order valence-electron chi connectivity index (χ2n) is 8.68. The molecule has 0 bridgehead atoms. The lowest BCUT2D eigenvalue weighted by molar-refractivity contribution is 0.309. The molecule has 2 aromatic carbocycles. The molecule has 0 unspecified atom stereocenters. The van der Waals surface area contributed by atoms with E-state index in [0.29, 0.717) is 0 Å². The van der Waals surface area contributed by atoms with Gasteiger partial charge in [-0.05, 0) is 54.7 Å². The van der Waals surface area contributed by atoms with Crippen LogP contribution in [0.15, 0.2) is 54.7 Å². The van der Waals surface area contributed by atoms with Crippen molar-refractivity contribution in [2.24, 2.45) is 0 Å². The number of aryl methyl sites for hydroxylation is 1. The van der Waals surface area contributed by atoms with Gasteiger partial charge in [-0.1, -0.05) is 89.5 Å². The largest absolute Gasteiger partial charge is 0.494 e. The second kappa shape index (κ2) is 14.1. The number of rotatable bonds is 15. The zero-order chi connectivity index (χ0) is 22.4. The molecule has 0 saturated carbocycles. The first-order valence-electron chi connectivity index (χ1n) is 12.6. The Morgan fingerprint density at radius 2 is 1.31 bits per heavy atom. The summed E-state index contributed by atoms with van der Waals surface area (Å²) in [4.78, 5) is 5.89. The van der Waals surface area contributed by atoms with Crippen molar-refractivity contribution < 1.29 is 4.74 Å². The first-order valence-corrected chi connectivity index (χ1v) is 13.4. The number of nitrogens with zero attached hydrogens (tertiary/aromatic N) is 1. The van der Waals surface area contributed by atoms with Crippen molar-refractivity contribution in [3.63, 3.8) is 0 Å². The Hall–Kier alpha value is -2.13. The highest BCUT2D eigenvalue weighted by Crippen LogP contribution is 2.33. The van der Waals surface area contributed by atoms with E-state index >= 15 is 0 Å². The van der Waals surface area contributed by atoms with Crippen molar-refractivity contribution in [1.82, 2.24) is 4.98 Å². The third-order valence-corrected chi connectivity index (χ3v) is 7.03. The summed E-state index contributed by atoms with van der Waals surface area (Å²) in [5.74, 6) is 0.936. The number of benzene rings is 2. The van der Waals surface area contributed by atoms with Gasteiger partial charge in [0.05, 0.1) is 11.5 Å². The molecular formula is C29H39NOS. The van der Waals surface area contributed by atoms with Gasteiger partial charge >= 0.3 is 0 Å². The lowest BCUT2D eigenvalue weighted by Crippen LogP contribution is -1.95. The summed E-state index contributed by atoms with van der Waals surface area (Å²) in [5, 5.41) is 1.06. The van der Waals surface area contributed by atoms with Crippen molar-refractivity contribution in [3.05, 3.63) is 60.3 Å². The van der Waals surface area contributed by atoms with E-state index in [2.05, 4.69) is 55.2 Å². The summed E-state index contributed by atoms with van der Waals surface area (Å²) >= 11 is 1.75. The average Bonchev–Trinajstić information content (AvgIpc) is 3.32. The first-order chi connectivity index (χ1) is 15.8. The molecule has 3 aromatic rings. The Balaban J connectivity index is 1.45. The van der Waals surface area contributed by atoms with Crippen LogP contribution in [-0.2, 0) is 6.42 Å². The van der Waals surface area contributed by atoms with Gasteiger partial charge in [0.1, 0.15) is 10.8 Å². The highest BCUT2D eigenvalue weighted by atomic mass is 32.1. The minimum atomic E-state index is 0.784. The van der Waals surface area contributed by atoms with Gasteiger partial charge in [0.15, 0.2) is 0 Å². The fourth-order valence-electron chi connectivity index (χ4n) is 3.87. The number of ether oxygens (including phenoxy) is 1. The molecule has 1 aromatic heterocycles. The number of aromatic nitrogens is 1. The molecule has 172 valence electrons. The molecule has 0 amide bonds. The number of hydrogen-bond acceptors (Lipinski definition) is 3. The maximum atomic E-state index is 5.77. The van der Waals surface area contributed by atoms with E-state index in [9.17, 15) is 0 Å². The highest BCUT2D eigenvalue weighted by Gasteiger charge is 2.07. The molecule has 2 nitrogen and oxygen atoms in total. The second-order valence-corrected chi connectivity index (χ2v) is 9.71. The zero-order valence-electron chi connectivity index (χ0n) is 19.9. The van der Waals surface area contributed by atoms with E-state index in [1.54, 1.807) is 11.3 Å². The van der Waals surface area contributed by atoms with E-state index in [4.69, 9.17) is 4.74 Å². The van der Waals surface area contributed by atoms with Gasteiger partial charge in [-0.15, -0.1) is 11.3 Å². The predicted octanol–water partition coefficient (Wildman–Crippen LogP) is 9.34. The van der Waals surface area contributed by atoms with Crippen LogP contribution >= 0.6 is 11.3 Å². The van der Waals surface area contributed by atoms with Crippen LogP contribution < -0.4 is 4.74 Å². The monoisotopic (exact) mass is 449 g/mol. The maximum Gasteiger partial charge on any atom is 0.123 e. The van der Waals surface area contributed by atoms with Crippen LogP contribution in [0.25, 0.3) is 21.0 Å². The average molecular weight is 450 g/mol. The summed E-state index contributed by atoms with van der Waals surface area (Å²) in [7, 11) is 0. The fraction of sp³-hybridized carbons (Fsp3) is 0.483. The van der Waals surface area contributed by atoms with Crippen molar-refractivity contribution in [1.29, 1.82) is 0 Å². The minimum absolute atomic E-state index is 0.784. The molecule has 0 aliphatic carbocycles. The van der Waals surface area contributed by atoms with Gasteiger partial charge < -0.3 is 4.74 Å².